The van der Waals surface area contributed by atoms with Crippen LogP contribution >= 0.6 is 24.0 Å². The average Bonchev–Trinajstić information content (AvgIpc) is 3.19. The Morgan fingerprint density at radius 1 is 1.21 bits per heavy atom. The van der Waals surface area contributed by atoms with E-state index < -0.39 is 0 Å². The van der Waals surface area contributed by atoms with Gasteiger partial charge in [0.15, 0.2) is 5.96 Å². The van der Waals surface area contributed by atoms with Crippen molar-refractivity contribution in [2.24, 2.45) is 4.99 Å². The molecule has 0 aromatic heterocycles. The number of aliphatic imine (C=N–C) groups is 1. The van der Waals surface area contributed by atoms with Crippen molar-refractivity contribution < 1.29 is 4.74 Å². The molecule has 164 valence electrons. The van der Waals surface area contributed by atoms with Gasteiger partial charge in [-0.1, -0.05) is 12.1 Å². The number of para-hydroxylation sites is 2. The molecule has 1 aromatic carbocycles. The number of nitrogens with zero attached hydrogens (tertiary/aromatic N) is 4. The molecule has 2 saturated heterocycles. The largest absolute Gasteiger partial charge is 0.495 e. The summed E-state index contributed by atoms with van der Waals surface area (Å²) in [5.74, 6) is 1.83. The Morgan fingerprint density at radius 2 is 1.93 bits per heavy atom. The molecule has 2 aliphatic heterocycles. The van der Waals surface area contributed by atoms with Crippen molar-refractivity contribution in [2.75, 3.05) is 71.9 Å². The van der Waals surface area contributed by atoms with Gasteiger partial charge in [-0.15, -0.1) is 24.0 Å². The maximum absolute atomic E-state index is 5.52. The number of guanidine groups is 1. The first kappa shape index (κ1) is 24.0. The number of methoxy groups -OCH3 is 1. The number of halogens is 1. The van der Waals surface area contributed by atoms with Crippen molar-refractivity contribution in [1.82, 2.24) is 20.4 Å². The van der Waals surface area contributed by atoms with Gasteiger partial charge in [0.1, 0.15) is 5.75 Å². The topological polar surface area (TPSA) is 55.4 Å². The predicted molar refractivity (Wildman–Crippen MR) is 132 cm³/mol. The molecule has 2 unspecified atom stereocenters. The summed E-state index contributed by atoms with van der Waals surface area (Å²) in [5, 5.41) is 7.12. The van der Waals surface area contributed by atoms with Crippen LogP contribution < -0.4 is 20.3 Å². The van der Waals surface area contributed by atoms with Crippen LogP contribution in [0.4, 0.5) is 5.69 Å². The van der Waals surface area contributed by atoms with Gasteiger partial charge in [0, 0.05) is 64.9 Å². The van der Waals surface area contributed by atoms with Gasteiger partial charge in [0.25, 0.3) is 0 Å². The van der Waals surface area contributed by atoms with Crippen molar-refractivity contribution in [1.29, 1.82) is 0 Å². The second-order valence-corrected chi connectivity index (χ2v) is 7.89. The Hall–Kier alpha value is -1.26. The Labute approximate surface area is 192 Å². The molecule has 1 aromatic rings. The molecule has 0 amide bonds. The Morgan fingerprint density at radius 3 is 2.62 bits per heavy atom. The van der Waals surface area contributed by atoms with Crippen LogP contribution in [0.5, 0.6) is 5.75 Å². The lowest BCUT2D eigenvalue weighted by Gasteiger charge is -2.36. The SMILES string of the molecule is CN=C(NCC(C)N1CCN(C)CC1)NC1CCN(c2ccccc2OC)C1.I. The third kappa shape index (κ3) is 6.62. The van der Waals surface area contributed by atoms with E-state index in [9.17, 15) is 0 Å². The third-order valence-corrected chi connectivity index (χ3v) is 5.90. The van der Waals surface area contributed by atoms with Crippen LogP contribution in [-0.4, -0.2) is 94.9 Å². The average molecular weight is 516 g/mol. The van der Waals surface area contributed by atoms with E-state index in [-0.39, 0.29) is 24.0 Å². The summed E-state index contributed by atoms with van der Waals surface area (Å²) >= 11 is 0. The maximum atomic E-state index is 5.52. The summed E-state index contributed by atoms with van der Waals surface area (Å²) in [6.07, 6.45) is 1.09. The van der Waals surface area contributed by atoms with E-state index in [2.05, 4.69) is 56.4 Å². The summed E-state index contributed by atoms with van der Waals surface area (Å²) in [4.78, 5) is 11.8. The third-order valence-electron chi connectivity index (χ3n) is 5.90. The smallest absolute Gasteiger partial charge is 0.191 e. The highest BCUT2D eigenvalue weighted by Crippen LogP contribution is 2.30. The molecule has 2 atom stereocenters. The molecule has 2 aliphatic rings. The number of rotatable bonds is 6. The maximum Gasteiger partial charge on any atom is 0.191 e. The normalized spacial score (nSPS) is 22.1. The van der Waals surface area contributed by atoms with Gasteiger partial charge in [0.05, 0.1) is 12.8 Å². The van der Waals surface area contributed by atoms with Gasteiger partial charge in [-0.2, -0.15) is 0 Å². The first-order chi connectivity index (χ1) is 13.6. The monoisotopic (exact) mass is 516 g/mol. The lowest BCUT2D eigenvalue weighted by Crippen LogP contribution is -2.53. The fourth-order valence-corrected chi connectivity index (χ4v) is 4.01. The van der Waals surface area contributed by atoms with Crippen LogP contribution in [-0.2, 0) is 0 Å². The summed E-state index contributed by atoms with van der Waals surface area (Å²) < 4.78 is 5.52. The van der Waals surface area contributed by atoms with E-state index in [1.165, 1.54) is 5.69 Å². The predicted octanol–water partition coefficient (Wildman–Crippen LogP) is 1.69. The Bertz CT molecular complexity index is 650. The van der Waals surface area contributed by atoms with Crippen molar-refractivity contribution in [3.63, 3.8) is 0 Å². The van der Waals surface area contributed by atoms with E-state index in [0.29, 0.717) is 12.1 Å². The fraction of sp³-hybridized carbons (Fsp3) is 0.667. The minimum Gasteiger partial charge on any atom is -0.495 e. The fourth-order valence-electron chi connectivity index (χ4n) is 4.01. The van der Waals surface area contributed by atoms with Crippen molar-refractivity contribution in [3.8, 4) is 5.75 Å². The van der Waals surface area contributed by atoms with E-state index >= 15 is 0 Å². The van der Waals surface area contributed by atoms with Crippen LogP contribution in [0.15, 0.2) is 29.3 Å². The number of hydrogen-bond donors (Lipinski definition) is 2. The molecule has 3 rings (SSSR count). The van der Waals surface area contributed by atoms with Gasteiger partial charge in [0.2, 0.25) is 0 Å². The quantitative estimate of drug-likeness (QED) is 0.341. The van der Waals surface area contributed by atoms with Crippen molar-refractivity contribution in [2.45, 2.75) is 25.4 Å². The molecule has 0 aliphatic carbocycles. The number of piperazine rings is 1. The Balaban J connectivity index is 0.00000300. The van der Waals surface area contributed by atoms with E-state index in [1.807, 2.05) is 19.2 Å². The summed E-state index contributed by atoms with van der Waals surface area (Å²) in [6.45, 7) is 9.76. The van der Waals surface area contributed by atoms with Crippen LogP contribution in [0.2, 0.25) is 0 Å². The first-order valence-corrected chi connectivity index (χ1v) is 10.4. The number of hydrogen-bond acceptors (Lipinski definition) is 5. The number of nitrogens with one attached hydrogen (secondary N) is 2. The van der Waals surface area contributed by atoms with Crippen molar-refractivity contribution in [3.05, 3.63) is 24.3 Å². The number of ether oxygens (including phenoxy) is 1. The molecule has 2 heterocycles. The molecular weight excluding hydrogens is 479 g/mol. The second-order valence-electron chi connectivity index (χ2n) is 7.89. The highest BCUT2D eigenvalue weighted by molar-refractivity contribution is 14.0. The molecule has 7 nitrogen and oxygen atoms in total. The van der Waals surface area contributed by atoms with Crippen LogP contribution in [0.1, 0.15) is 13.3 Å². The molecular formula is C21H37IN6O. The van der Waals surface area contributed by atoms with Gasteiger partial charge in [-0.25, -0.2) is 0 Å². The van der Waals surface area contributed by atoms with Gasteiger partial charge in [-0.3, -0.25) is 9.89 Å². The van der Waals surface area contributed by atoms with Crippen LogP contribution in [0, 0.1) is 0 Å². The van der Waals surface area contributed by atoms with E-state index in [1.54, 1.807) is 7.11 Å². The highest BCUT2D eigenvalue weighted by atomic mass is 127. The zero-order valence-corrected chi connectivity index (χ0v) is 20.6. The van der Waals surface area contributed by atoms with Crippen molar-refractivity contribution >= 4 is 35.6 Å². The molecule has 2 fully saturated rings. The summed E-state index contributed by atoms with van der Waals surface area (Å²) in [5.41, 5.74) is 1.17. The van der Waals surface area contributed by atoms with Gasteiger partial charge in [-0.05, 0) is 32.5 Å². The first-order valence-electron chi connectivity index (χ1n) is 10.4. The summed E-state index contributed by atoms with van der Waals surface area (Å²) in [7, 11) is 5.78. The lowest BCUT2D eigenvalue weighted by molar-refractivity contribution is 0.120. The lowest BCUT2D eigenvalue weighted by atomic mass is 10.2. The van der Waals surface area contributed by atoms with Crippen LogP contribution in [0.25, 0.3) is 0 Å². The van der Waals surface area contributed by atoms with E-state index in [0.717, 1.165) is 63.9 Å². The standard InChI is InChI=1S/C21H36N6O.HI/c1-17(26-13-11-25(3)12-14-26)15-23-21(22-2)24-18-9-10-27(16-18)19-7-5-6-8-20(19)28-4;/h5-8,17-18H,9-16H2,1-4H3,(H2,22,23,24);1H. The van der Waals surface area contributed by atoms with E-state index in [4.69, 9.17) is 4.74 Å². The number of likely N-dealkylation sites (N-methyl/N-ethyl adjacent to an activating group) is 1. The van der Waals surface area contributed by atoms with Gasteiger partial charge >= 0.3 is 0 Å². The molecule has 0 radical (unpaired) electrons. The molecule has 29 heavy (non-hydrogen) atoms. The number of anilines is 1. The molecule has 0 saturated carbocycles. The van der Waals surface area contributed by atoms with Crippen LogP contribution in [0.3, 0.4) is 0 Å². The zero-order chi connectivity index (χ0) is 19.9. The molecule has 2 N–H and O–H groups in total. The second kappa shape index (κ2) is 11.8. The van der Waals surface area contributed by atoms with Gasteiger partial charge < -0.3 is 25.2 Å². The number of benzene rings is 1. The molecule has 8 heteroatoms. The molecule has 0 spiro atoms. The minimum atomic E-state index is 0. The highest BCUT2D eigenvalue weighted by Gasteiger charge is 2.25. The minimum absolute atomic E-state index is 0. The molecule has 0 bridgehead atoms. The Kier molecular flexibility index (Phi) is 9.78. The summed E-state index contributed by atoms with van der Waals surface area (Å²) in [6, 6.07) is 9.12. The zero-order valence-electron chi connectivity index (χ0n) is 18.2.